The zero-order valence-electron chi connectivity index (χ0n) is 9.28. The Bertz CT molecular complexity index is 276. The number of hydrogen-bond donors (Lipinski definition) is 0. The standard InChI is InChI=1S/C11H16O4/c1-4-5-9(8-11(13)15-3)6-7-10(12)14-2/h6-8H,4-5H2,1-3H3/b7-6+,9-8+. The zero-order valence-corrected chi connectivity index (χ0v) is 9.28. The van der Waals surface area contributed by atoms with Gasteiger partial charge in [0.1, 0.15) is 0 Å². The van der Waals surface area contributed by atoms with E-state index in [4.69, 9.17) is 0 Å². The van der Waals surface area contributed by atoms with Crippen LogP contribution in [0.3, 0.4) is 0 Å². The first-order valence-electron chi connectivity index (χ1n) is 4.68. The maximum atomic E-state index is 11.0. The quantitative estimate of drug-likeness (QED) is 0.394. The van der Waals surface area contributed by atoms with Crippen LogP contribution in [0.2, 0.25) is 0 Å². The summed E-state index contributed by atoms with van der Waals surface area (Å²) in [6, 6.07) is 0. The van der Waals surface area contributed by atoms with E-state index in [1.165, 1.54) is 26.4 Å². The molecule has 0 aromatic rings. The lowest BCUT2D eigenvalue weighted by Crippen LogP contribution is -1.98. The molecule has 84 valence electrons. The van der Waals surface area contributed by atoms with Gasteiger partial charge in [-0.3, -0.25) is 0 Å². The molecule has 4 nitrogen and oxygen atoms in total. The van der Waals surface area contributed by atoms with E-state index in [0.29, 0.717) is 6.42 Å². The van der Waals surface area contributed by atoms with Crippen molar-refractivity contribution in [2.24, 2.45) is 0 Å². The Labute approximate surface area is 89.6 Å². The fourth-order valence-corrected chi connectivity index (χ4v) is 0.946. The molecule has 0 atom stereocenters. The summed E-state index contributed by atoms with van der Waals surface area (Å²) < 4.78 is 8.94. The molecule has 0 saturated carbocycles. The Morgan fingerprint density at radius 2 is 1.67 bits per heavy atom. The van der Waals surface area contributed by atoms with Crippen LogP contribution in [0, 0.1) is 0 Å². The van der Waals surface area contributed by atoms with Gasteiger partial charge in [0.2, 0.25) is 0 Å². The van der Waals surface area contributed by atoms with Crippen LogP contribution >= 0.6 is 0 Å². The second-order valence-corrected chi connectivity index (χ2v) is 2.85. The predicted octanol–water partition coefficient (Wildman–Crippen LogP) is 1.62. The molecule has 0 aromatic heterocycles. The number of hydrogen-bond acceptors (Lipinski definition) is 4. The molecule has 0 rings (SSSR count). The summed E-state index contributed by atoms with van der Waals surface area (Å²) in [5, 5.41) is 0. The summed E-state index contributed by atoms with van der Waals surface area (Å²) >= 11 is 0. The van der Waals surface area contributed by atoms with Crippen molar-refractivity contribution in [3.8, 4) is 0 Å². The maximum absolute atomic E-state index is 11.0. The molecule has 0 aliphatic rings. The third kappa shape index (κ3) is 6.49. The van der Waals surface area contributed by atoms with Crippen molar-refractivity contribution >= 4 is 11.9 Å². The van der Waals surface area contributed by atoms with Crippen LogP contribution < -0.4 is 0 Å². The molecule has 0 radical (unpaired) electrons. The van der Waals surface area contributed by atoms with Crippen molar-refractivity contribution < 1.29 is 19.1 Å². The van der Waals surface area contributed by atoms with Gasteiger partial charge in [0, 0.05) is 12.2 Å². The Morgan fingerprint density at radius 3 is 2.13 bits per heavy atom. The largest absolute Gasteiger partial charge is 0.466 e. The van der Waals surface area contributed by atoms with Gasteiger partial charge < -0.3 is 9.47 Å². The van der Waals surface area contributed by atoms with Crippen molar-refractivity contribution in [2.45, 2.75) is 19.8 Å². The highest BCUT2D eigenvalue weighted by Crippen LogP contribution is 2.07. The molecule has 0 fully saturated rings. The second kappa shape index (κ2) is 7.79. The smallest absolute Gasteiger partial charge is 0.330 e. The molecule has 0 unspecified atom stereocenters. The fourth-order valence-electron chi connectivity index (χ4n) is 0.946. The van der Waals surface area contributed by atoms with Crippen LogP contribution in [0.15, 0.2) is 23.8 Å². The Morgan fingerprint density at radius 1 is 1.07 bits per heavy atom. The molecule has 0 aliphatic heterocycles. The van der Waals surface area contributed by atoms with Crippen LogP contribution in [-0.4, -0.2) is 26.2 Å². The molecule has 0 saturated heterocycles. The number of carbonyl (C=O) groups excluding carboxylic acids is 2. The van der Waals surface area contributed by atoms with E-state index in [1.807, 2.05) is 6.92 Å². The van der Waals surface area contributed by atoms with Crippen molar-refractivity contribution in [2.75, 3.05) is 14.2 Å². The van der Waals surface area contributed by atoms with Crippen LogP contribution in [0.5, 0.6) is 0 Å². The predicted molar refractivity (Wildman–Crippen MR) is 56.2 cm³/mol. The van der Waals surface area contributed by atoms with E-state index in [-0.39, 0.29) is 0 Å². The van der Waals surface area contributed by atoms with Crippen molar-refractivity contribution in [1.29, 1.82) is 0 Å². The summed E-state index contributed by atoms with van der Waals surface area (Å²) in [7, 11) is 2.61. The molecule has 15 heavy (non-hydrogen) atoms. The zero-order chi connectivity index (χ0) is 11.7. The van der Waals surface area contributed by atoms with Gasteiger partial charge in [-0.15, -0.1) is 0 Å². The van der Waals surface area contributed by atoms with Gasteiger partial charge in [-0.1, -0.05) is 19.4 Å². The first-order chi connectivity index (χ1) is 7.13. The molecule has 0 aromatic carbocycles. The van der Waals surface area contributed by atoms with Gasteiger partial charge in [-0.05, 0) is 12.0 Å². The molecular formula is C11H16O4. The van der Waals surface area contributed by atoms with E-state index in [0.717, 1.165) is 12.0 Å². The second-order valence-electron chi connectivity index (χ2n) is 2.85. The van der Waals surface area contributed by atoms with Gasteiger partial charge in [0.25, 0.3) is 0 Å². The highest BCUT2D eigenvalue weighted by molar-refractivity contribution is 5.85. The Kier molecular flexibility index (Phi) is 6.97. The van der Waals surface area contributed by atoms with E-state index in [1.54, 1.807) is 6.08 Å². The Hall–Kier alpha value is -1.58. The summed E-state index contributed by atoms with van der Waals surface area (Å²) in [5.41, 5.74) is 0.745. The van der Waals surface area contributed by atoms with Crippen molar-refractivity contribution in [1.82, 2.24) is 0 Å². The topological polar surface area (TPSA) is 52.6 Å². The fraction of sp³-hybridized carbons (Fsp3) is 0.455. The van der Waals surface area contributed by atoms with Gasteiger partial charge in [0.05, 0.1) is 14.2 Å². The van der Waals surface area contributed by atoms with E-state index in [2.05, 4.69) is 9.47 Å². The highest BCUT2D eigenvalue weighted by Gasteiger charge is 1.99. The summed E-state index contributed by atoms with van der Waals surface area (Å²) in [6.07, 6.45) is 5.80. The lowest BCUT2D eigenvalue weighted by molar-refractivity contribution is -0.135. The normalized spacial score (nSPS) is 11.5. The molecule has 0 bridgehead atoms. The first-order valence-corrected chi connectivity index (χ1v) is 4.68. The minimum atomic E-state index is -0.443. The average molecular weight is 212 g/mol. The van der Waals surface area contributed by atoms with Crippen LogP contribution in [0.1, 0.15) is 19.8 Å². The average Bonchev–Trinajstić information content (AvgIpc) is 2.25. The molecular weight excluding hydrogens is 196 g/mol. The number of allylic oxidation sites excluding steroid dienone is 2. The van der Waals surface area contributed by atoms with Gasteiger partial charge >= 0.3 is 11.9 Å². The number of esters is 2. The van der Waals surface area contributed by atoms with Gasteiger partial charge in [-0.2, -0.15) is 0 Å². The third-order valence-corrected chi connectivity index (χ3v) is 1.68. The van der Waals surface area contributed by atoms with Crippen molar-refractivity contribution in [3.63, 3.8) is 0 Å². The molecule has 0 heterocycles. The SMILES string of the molecule is CCCC(/C=C/C(=O)OC)=C\C(=O)OC. The van der Waals surface area contributed by atoms with E-state index in [9.17, 15) is 9.59 Å². The molecule has 0 amide bonds. The third-order valence-electron chi connectivity index (χ3n) is 1.68. The van der Waals surface area contributed by atoms with Gasteiger partial charge in [0.15, 0.2) is 0 Å². The van der Waals surface area contributed by atoms with Crippen LogP contribution in [-0.2, 0) is 19.1 Å². The first kappa shape index (κ1) is 13.4. The minimum absolute atomic E-state index is 0.423. The lowest BCUT2D eigenvalue weighted by Gasteiger charge is -1.99. The van der Waals surface area contributed by atoms with E-state index >= 15 is 0 Å². The van der Waals surface area contributed by atoms with Crippen LogP contribution in [0.4, 0.5) is 0 Å². The number of ether oxygens (including phenoxy) is 2. The number of methoxy groups -OCH3 is 2. The van der Waals surface area contributed by atoms with Gasteiger partial charge in [-0.25, -0.2) is 9.59 Å². The minimum Gasteiger partial charge on any atom is -0.466 e. The lowest BCUT2D eigenvalue weighted by atomic mass is 10.1. The molecule has 4 heteroatoms. The molecule has 0 aliphatic carbocycles. The maximum Gasteiger partial charge on any atom is 0.330 e. The highest BCUT2D eigenvalue weighted by atomic mass is 16.5. The monoisotopic (exact) mass is 212 g/mol. The summed E-state index contributed by atoms with van der Waals surface area (Å²) in [5.74, 6) is -0.866. The summed E-state index contributed by atoms with van der Waals surface area (Å²) in [6.45, 7) is 1.98. The number of rotatable bonds is 5. The van der Waals surface area contributed by atoms with E-state index < -0.39 is 11.9 Å². The van der Waals surface area contributed by atoms with Crippen molar-refractivity contribution in [3.05, 3.63) is 23.8 Å². The molecule has 0 N–H and O–H groups in total. The Balaban J connectivity index is 4.52. The molecule has 0 spiro atoms. The summed E-state index contributed by atoms with van der Waals surface area (Å²) in [4.78, 5) is 21.8. The number of carbonyl (C=O) groups is 2. The van der Waals surface area contributed by atoms with Crippen LogP contribution in [0.25, 0.3) is 0 Å².